The number of benzene rings is 1. The van der Waals surface area contributed by atoms with Crippen LogP contribution in [0, 0.1) is 24.1 Å². The van der Waals surface area contributed by atoms with Gasteiger partial charge in [-0.25, -0.2) is 19.2 Å². The van der Waals surface area contributed by atoms with E-state index in [1.165, 1.54) is 6.92 Å². The lowest BCUT2D eigenvalue weighted by atomic mass is 10.1. The summed E-state index contributed by atoms with van der Waals surface area (Å²) in [7, 11) is 0. The van der Waals surface area contributed by atoms with E-state index in [9.17, 15) is 22.4 Å². The number of nitrogens with two attached hydrogens (primary N) is 1. The van der Waals surface area contributed by atoms with Crippen molar-refractivity contribution in [2.45, 2.75) is 19.1 Å². The number of rotatable bonds is 3. The van der Waals surface area contributed by atoms with Gasteiger partial charge in [-0.15, -0.1) is 0 Å². The number of nitrogens with zero attached hydrogens (tertiary/aromatic N) is 3. The van der Waals surface area contributed by atoms with Crippen LogP contribution in [0.2, 0.25) is 0 Å². The van der Waals surface area contributed by atoms with Crippen molar-refractivity contribution in [2.75, 3.05) is 11.1 Å². The summed E-state index contributed by atoms with van der Waals surface area (Å²) in [4.78, 5) is 19.3. The van der Waals surface area contributed by atoms with E-state index in [4.69, 9.17) is 15.4 Å². The average Bonchev–Trinajstić information content (AvgIpc) is 2.96. The second kappa shape index (κ2) is 7.27. The van der Waals surface area contributed by atoms with Crippen LogP contribution in [0.3, 0.4) is 0 Å². The zero-order valence-electron chi connectivity index (χ0n) is 14.6. The molecule has 3 rings (SSSR count). The number of hydrogen-bond donors (Lipinski definition) is 3. The number of amides is 2. The molecule has 0 bridgehead atoms. The SMILES string of the molecule is Cc1c([C@@H](NC(=O)Nc2cnc(N)nc2)C(F)(F)F)oc2c(C#N)cc(F)cc12. The summed E-state index contributed by atoms with van der Waals surface area (Å²) in [6, 6.07) is -0.301. The molecule has 0 radical (unpaired) electrons. The van der Waals surface area contributed by atoms with Gasteiger partial charge in [0.2, 0.25) is 5.95 Å². The highest BCUT2D eigenvalue weighted by Crippen LogP contribution is 2.39. The van der Waals surface area contributed by atoms with Gasteiger partial charge < -0.3 is 20.8 Å². The van der Waals surface area contributed by atoms with E-state index in [0.717, 1.165) is 24.5 Å². The van der Waals surface area contributed by atoms with Gasteiger partial charge in [-0.3, -0.25) is 0 Å². The maximum atomic E-state index is 13.7. The number of halogens is 4. The molecule has 0 unspecified atom stereocenters. The molecule has 0 saturated heterocycles. The average molecular weight is 408 g/mol. The van der Waals surface area contributed by atoms with Gasteiger partial charge in [0.1, 0.15) is 17.6 Å². The number of aromatic nitrogens is 2. The van der Waals surface area contributed by atoms with Crippen molar-refractivity contribution in [2.24, 2.45) is 0 Å². The highest BCUT2D eigenvalue weighted by molar-refractivity contribution is 5.90. The number of urea groups is 1. The van der Waals surface area contributed by atoms with Crippen LogP contribution in [-0.4, -0.2) is 22.2 Å². The third-order valence-electron chi connectivity index (χ3n) is 3.95. The van der Waals surface area contributed by atoms with Gasteiger partial charge in [-0.1, -0.05) is 0 Å². The maximum absolute atomic E-state index is 13.7. The molecule has 0 aliphatic heterocycles. The lowest BCUT2D eigenvalue weighted by molar-refractivity contribution is -0.158. The number of hydrogen-bond acceptors (Lipinski definition) is 6. The topological polar surface area (TPSA) is 130 Å². The number of anilines is 2. The Balaban J connectivity index is 1.97. The molecule has 1 aromatic carbocycles. The van der Waals surface area contributed by atoms with Gasteiger partial charge in [0.05, 0.1) is 23.6 Å². The van der Waals surface area contributed by atoms with E-state index in [0.29, 0.717) is 0 Å². The summed E-state index contributed by atoms with van der Waals surface area (Å²) < 4.78 is 59.8. The second-order valence-electron chi connectivity index (χ2n) is 5.94. The zero-order chi connectivity index (χ0) is 21.3. The molecule has 12 heteroatoms. The van der Waals surface area contributed by atoms with Crippen LogP contribution in [0.1, 0.15) is 22.9 Å². The van der Waals surface area contributed by atoms with Crippen LogP contribution in [-0.2, 0) is 0 Å². The molecule has 29 heavy (non-hydrogen) atoms. The van der Waals surface area contributed by atoms with Crippen LogP contribution in [0.4, 0.5) is 34.0 Å². The van der Waals surface area contributed by atoms with E-state index >= 15 is 0 Å². The predicted octanol–water partition coefficient (Wildman–Crippen LogP) is 3.55. The monoisotopic (exact) mass is 408 g/mol. The lowest BCUT2D eigenvalue weighted by Gasteiger charge is -2.20. The Morgan fingerprint density at radius 1 is 1.31 bits per heavy atom. The Hall–Kier alpha value is -3.88. The number of nitrogen functional groups attached to an aromatic ring is 1. The summed E-state index contributed by atoms with van der Waals surface area (Å²) in [6.45, 7) is 1.27. The highest BCUT2D eigenvalue weighted by atomic mass is 19.4. The van der Waals surface area contributed by atoms with Crippen LogP contribution in [0.5, 0.6) is 0 Å². The zero-order valence-corrected chi connectivity index (χ0v) is 14.6. The Kier molecular flexibility index (Phi) is 4.98. The van der Waals surface area contributed by atoms with Crippen molar-refractivity contribution in [3.05, 3.63) is 47.2 Å². The molecular weight excluding hydrogens is 396 g/mol. The molecule has 1 atom stereocenters. The smallest absolute Gasteiger partial charge is 0.416 e. The summed E-state index contributed by atoms with van der Waals surface area (Å²) in [5.74, 6) is -1.55. The quantitative estimate of drug-likeness (QED) is 0.568. The van der Waals surface area contributed by atoms with Crippen LogP contribution in [0.25, 0.3) is 11.0 Å². The predicted molar refractivity (Wildman–Crippen MR) is 93.0 cm³/mol. The molecule has 0 aliphatic carbocycles. The van der Waals surface area contributed by atoms with Gasteiger partial charge in [0.15, 0.2) is 11.6 Å². The number of carbonyl (C=O) groups is 1. The summed E-state index contributed by atoms with van der Waals surface area (Å²) >= 11 is 0. The first-order valence-electron chi connectivity index (χ1n) is 7.94. The normalized spacial score (nSPS) is 12.4. The van der Waals surface area contributed by atoms with E-state index in [2.05, 4.69) is 15.3 Å². The number of nitrogens with one attached hydrogen (secondary N) is 2. The number of carbonyl (C=O) groups excluding carboxylic acids is 1. The fraction of sp³-hybridized carbons (Fsp3) is 0.176. The van der Waals surface area contributed by atoms with Crippen LogP contribution >= 0.6 is 0 Å². The molecule has 2 heterocycles. The fourth-order valence-corrected chi connectivity index (χ4v) is 2.66. The molecule has 2 aromatic heterocycles. The maximum Gasteiger partial charge on any atom is 0.416 e. The van der Waals surface area contributed by atoms with Crippen molar-refractivity contribution in [3.63, 3.8) is 0 Å². The number of nitriles is 1. The Morgan fingerprint density at radius 2 is 1.97 bits per heavy atom. The van der Waals surface area contributed by atoms with Gasteiger partial charge in [0, 0.05) is 10.9 Å². The van der Waals surface area contributed by atoms with Crippen LogP contribution < -0.4 is 16.4 Å². The first kappa shape index (κ1) is 19.9. The summed E-state index contributed by atoms with van der Waals surface area (Å²) in [5.41, 5.74) is 4.78. The number of fused-ring (bicyclic) bond motifs is 1. The Labute approximate surface area is 160 Å². The summed E-state index contributed by atoms with van der Waals surface area (Å²) in [6.07, 6.45) is -2.73. The van der Waals surface area contributed by atoms with E-state index in [1.54, 1.807) is 11.4 Å². The van der Waals surface area contributed by atoms with Gasteiger partial charge in [-0.2, -0.15) is 18.4 Å². The fourth-order valence-electron chi connectivity index (χ4n) is 2.66. The number of aryl methyl sites for hydroxylation is 1. The lowest BCUT2D eigenvalue weighted by Crippen LogP contribution is -2.40. The minimum absolute atomic E-state index is 0.0000530. The molecule has 3 aromatic rings. The molecule has 0 spiro atoms. The first-order chi connectivity index (χ1) is 13.6. The van der Waals surface area contributed by atoms with E-state index < -0.39 is 29.8 Å². The molecule has 0 aliphatic rings. The largest absolute Gasteiger partial charge is 0.457 e. The second-order valence-corrected chi connectivity index (χ2v) is 5.94. The van der Waals surface area contributed by atoms with Gasteiger partial charge in [0.25, 0.3) is 0 Å². The standard InChI is InChI=1S/C17H12F4N6O2/c1-7-11-3-9(18)2-8(4-22)13(11)29-12(7)14(17(19,20)21)27-16(28)26-10-5-24-15(23)25-6-10/h2-3,5-6,14H,1H3,(H2,23,24,25)(H2,26,27,28)/t14-/m1/s1. The minimum Gasteiger partial charge on any atom is -0.457 e. The minimum atomic E-state index is -4.95. The molecule has 0 saturated carbocycles. The highest BCUT2D eigenvalue weighted by Gasteiger charge is 2.45. The molecule has 4 N–H and O–H groups in total. The Bertz CT molecular complexity index is 1120. The summed E-state index contributed by atoms with van der Waals surface area (Å²) in [5, 5.41) is 13.0. The number of furan rings is 1. The van der Waals surface area contributed by atoms with E-state index in [1.807, 2.05) is 0 Å². The van der Waals surface area contributed by atoms with Crippen molar-refractivity contribution < 1.29 is 26.8 Å². The van der Waals surface area contributed by atoms with Crippen LogP contribution in [0.15, 0.2) is 28.9 Å². The molecule has 150 valence electrons. The van der Waals surface area contributed by atoms with Gasteiger partial charge >= 0.3 is 12.2 Å². The number of alkyl halides is 3. The van der Waals surface area contributed by atoms with Crippen molar-refractivity contribution in [1.29, 1.82) is 5.26 Å². The first-order valence-corrected chi connectivity index (χ1v) is 7.94. The molecule has 8 nitrogen and oxygen atoms in total. The van der Waals surface area contributed by atoms with Gasteiger partial charge in [-0.05, 0) is 19.1 Å². The Morgan fingerprint density at radius 3 is 2.55 bits per heavy atom. The third-order valence-corrected chi connectivity index (χ3v) is 3.95. The van der Waals surface area contributed by atoms with E-state index in [-0.39, 0.29) is 33.7 Å². The van der Waals surface area contributed by atoms with Crippen molar-refractivity contribution >= 4 is 28.6 Å². The molecular formula is C17H12F4N6O2. The van der Waals surface area contributed by atoms with Crippen molar-refractivity contribution in [3.8, 4) is 6.07 Å². The third kappa shape index (κ3) is 4.03. The van der Waals surface area contributed by atoms with Crippen molar-refractivity contribution in [1.82, 2.24) is 15.3 Å². The molecule has 2 amide bonds. The molecule has 0 fully saturated rings.